The van der Waals surface area contributed by atoms with Gasteiger partial charge in [-0.1, -0.05) is 12.1 Å². The first kappa shape index (κ1) is 19.6. The number of carbonyl (C=O) groups is 2. The van der Waals surface area contributed by atoms with Crippen LogP contribution in [0, 0.1) is 5.82 Å². The highest BCUT2D eigenvalue weighted by Crippen LogP contribution is 2.38. The van der Waals surface area contributed by atoms with E-state index >= 15 is 0 Å². The lowest BCUT2D eigenvalue weighted by molar-refractivity contribution is -0.128. The van der Waals surface area contributed by atoms with Gasteiger partial charge in [0.05, 0.1) is 5.75 Å². The van der Waals surface area contributed by atoms with Crippen LogP contribution in [0.1, 0.15) is 38.6 Å². The first-order valence-electron chi connectivity index (χ1n) is 8.53. The summed E-state index contributed by atoms with van der Waals surface area (Å²) in [6.45, 7) is 8.59. The number of urea groups is 1. The lowest BCUT2D eigenvalue weighted by Crippen LogP contribution is -2.49. The number of amides is 3. The zero-order chi connectivity index (χ0) is 18.6. The van der Waals surface area contributed by atoms with Crippen LogP contribution in [0.5, 0.6) is 0 Å². The van der Waals surface area contributed by atoms with Gasteiger partial charge in [0.2, 0.25) is 5.91 Å². The van der Waals surface area contributed by atoms with E-state index in [1.165, 1.54) is 23.9 Å². The molecule has 2 rings (SSSR count). The molecule has 7 heteroatoms. The van der Waals surface area contributed by atoms with Crippen molar-refractivity contribution in [2.75, 3.05) is 18.8 Å². The highest BCUT2D eigenvalue weighted by atomic mass is 32.2. The Kier molecular flexibility index (Phi) is 6.70. The standard InChI is InChI=1S/C18H26FN3O2S/c1-12(2)20-18(24)21(13(3)4)8-9-22-16(23)11-25-17(22)14-6-5-7-15(19)10-14/h5-7,10,12-13,17H,8-9,11H2,1-4H3,(H,20,24)/t17-/m0/s1. The molecule has 25 heavy (non-hydrogen) atoms. The quantitative estimate of drug-likeness (QED) is 0.840. The number of hydrogen-bond donors (Lipinski definition) is 1. The Balaban J connectivity index is 2.07. The van der Waals surface area contributed by atoms with E-state index in [9.17, 15) is 14.0 Å². The molecule has 0 saturated carbocycles. The van der Waals surface area contributed by atoms with Gasteiger partial charge in [-0.05, 0) is 45.4 Å². The zero-order valence-electron chi connectivity index (χ0n) is 15.2. The normalized spacial score (nSPS) is 17.5. The van der Waals surface area contributed by atoms with Crippen LogP contribution in [-0.4, -0.2) is 52.7 Å². The van der Waals surface area contributed by atoms with E-state index in [2.05, 4.69) is 5.32 Å². The molecular weight excluding hydrogens is 341 g/mol. The summed E-state index contributed by atoms with van der Waals surface area (Å²) in [5.41, 5.74) is 0.776. The summed E-state index contributed by atoms with van der Waals surface area (Å²) in [6, 6.07) is 6.29. The SMILES string of the molecule is CC(C)NC(=O)N(CCN1C(=O)CS[C@H]1c1cccc(F)c1)C(C)C. The number of thioether (sulfide) groups is 1. The molecule has 0 radical (unpaired) electrons. The molecule has 1 saturated heterocycles. The second kappa shape index (κ2) is 8.56. The first-order chi connectivity index (χ1) is 11.8. The lowest BCUT2D eigenvalue weighted by atomic mass is 10.2. The van der Waals surface area contributed by atoms with Crippen LogP contribution in [0.25, 0.3) is 0 Å². The minimum atomic E-state index is -0.308. The molecular formula is C18H26FN3O2S. The molecule has 5 nitrogen and oxygen atoms in total. The molecule has 0 aliphatic carbocycles. The second-order valence-corrected chi connectivity index (χ2v) is 7.77. The number of hydrogen-bond acceptors (Lipinski definition) is 3. The van der Waals surface area contributed by atoms with Crippen LogP contribution in [0.2, 0.25) is 0 Å². The van der Waals surface area contributed by atoms with Gasteiger partial charge < -0.3 is 15.1 Å². The Morgan fingerprint density at radius 2 is 2.12 bits per heavy atom. The van der Waals surface area contributed by atoms with Crippen molar-refractivity contribution in [1.82, 2.24) is 15.1 Å². The number of halogens is 1. The van der Waals surface area contributed by atoms with Crippen molar-refractivity contribution in [1.29, 1.82) is 0 Å². The van der Waals surface area contributed by atoms with Crippen molar-refractivity contribution in [3.63, 3.8) is 0 Å². The van der Waals surface area contributed by atoms with Gasteiger partial charge in [-0.15, -0.1) is 11.8 Å². The smallest absolute Gasteiger partial charge is 0.317 e. The van der Waals surface area contributed by atoms with Crippen LogP contribution in [0.4, 0.5) is 9.18 Å². The maximum atomic E-state index is 13.5. The second-order valence-electron chi connectivity index (χ2n) is 6.70. The van der Waals surface area contributed by atoms with Crippen LogP contribution in [-0.2, 0) is 4.79 Å². The van der Waals surface area contributed by atoms with E-state index in [1.807, 2.05) is 33.8 Å². The van der Waals surface area contributed by atoms with Gasteiger partial charge in [0, 0.05) is 25.2 Å². The Morgan fingerprint density at radius 3 is 2.72 bits per heavy atom. The average Bonchev–Trinajstić information content (AvgIpc) is 2.87. The fourth-order valence-corrected chi connectivity index (χ4v) is 3.98. The summed E-state index contributed by atoms with van der Waals surface area (Å²) in [5, 5.41) is 2.69. The maximum absolute atomic E-state index is 13.5. The minimum absolute atomic E-state index is 0.0206. The van der Waals surface area contributed by atoms with E-state index in [0.29, 0.717) is 18.8 Å². The van der Waals surface area contributed by atoms with E-state index < -0.39 is 0 Å². The van der Waals surface area contributed by atoms with Crippen LogP contribution in [0.3, 0.4) is 0 Å². The van der Waals surface area contributed by atoms with Crippen molar-refractivity contribution >= 4 is 23.7 Å². The molecule has 1 aromatic carbocycles. The third-order valence-electron chi connectivity index (χ3n) is 3.98. The highest BCUT2D eigenvalue weighted by Gasteiger charge is 2.33. The number of nitrogens with one attached hydrogen (secondary N) is 1. The topological polar surface area (TPSA) is 52.7 Å². The highest BCUT2D eigenvalue weighted by molar-refractivity contribution is 8.00. The third-order valence-corrected chi connectivity index (χ3v) is 5.24. The van der Waals surface area contributed by atoms with E-state index in [-0.39, 0.29) is 35.2 Å². The number of rotatable bonds is 6. The van der Waals surface area contributed by atoms with Gasteiger partial charge in [-0.2, -0.15) is 0 Å². The van der Waals surface area contributed by atoms with Crippen molar-refractivity contribution in [3.8, 4) is 0 Å². The molecule has 0 aromatic heterocycles. The molecule has 1 aliphatic heterocycles. The van der Waals surface area contributed by atoms with Crippen LogP contribution >= 0.6 is 11.8 Å². The van der Waals surface area contributed by atoms with E-state index in [1.54, 1.807) is 15.9 Å². The molecule has 1 N–H and O–H groups in total. The van der Waals surface area contributed by atoms with Gasteiger partial charge in [-0.25, -0.2) is 9.18 Å². The molecule has 1 fully saturated rings. The number of benzene rings is 1. The summed E-state index contributed by atoms with van der Waals surface area (Å²) in [7, 11) is 0. The molecule has 138 valence electrons. The molecule has 1 atom stereocenters. The predicted octanol–water partition coefficient (Wildman–Crippen LogP) is 3.23. The predicted molar refractivity (Wildman–Crippen MR) is 98.8 cm³/mol. The number of carbonyl (C=O) groups excluding carboxylic acids is 2. The molecule has 0 unspecified atom stereocenters. The van der Waals surface area contributed by atoms with Crippen molar-refractivity contribution in [2.24, 2.45) is 0 Å². The Bertz CT molecular complexity index is 624. The molecule has 1 aliphatic rings. The first-order valence-corrected chi connectivity index (χ1v) is 9.58. The molecule has 0 spiro atoms. The fourth-order valence-electron chi connectivity index (χ4n) is 2.77. The number of nitrogens with zero attached hydrogens (tertiary/aromatic N) is 2. The summed E-state index contributed by atoms with van der Waals surface area (Å²) in [4.78, 5) is 28.1. The van der Waals surface area contributed by atoms with E-state index in [0.717, 1.165) is 5.56 Å². The summed E-state index contributed by atoms with van der Waals surface area (Å²) >= 11 is 1.49. The Hall–Kier alpha value is -1.76. The van der Waals surface area contributed by atoms with Gasteiger partial charge in [0.1, 0.15) is 11.2 Å². The van der Waals surface area contributed by atoms with E-state index in [4.69, 9.17) is 0 Å². The van der Waals surface area contributed by atoms with Gasteiger partial charge in [-0.3, -0.25) is 4.79 Å². The third kappa shape index (κ3) is 5.11. The van der Waals surface area contributed by atoms with Crippen molar-refractivity contribution in [2.45, 2.75) is 45.2 Å². The maximum Gasteiger partial charge on any atom is 0.317 e. The minimum Gasteiger partial charge on any atom is -0.336 e. The average molecular weight is 367 g/mol. The fraction of sp³-hybridized carbons (Fsp3) is 0.556. The van der Waals surface area contributed by atoms with Gasteiger partial charge >= 0.3 is 6.03 Å². The molecule has 3 amide bonds. The van der Waals surface area contributed by atoms with Crippen molar-refractivity contribution in [3.05, 3.63) is 35.6 Å². The van der Waals surface area contributed by atoms with Gasteiger partial charge in [0.15, 0.2) is 0 Å². The monoisotopic (exact) mass is 367 g/mol. The molecule has 1 aromatic rings. The van der Waals surface area contributed by atoms with Crippen LogP contribution < -0.4 is 5.32 Å². The largest absolute Gasteiger partial charge is 0.336 e. The van der Waals surface area contributed by atoms with Gasteiger partial charge in [0.25, 0.3) is 0 Å². The lowest BCUT2D eigenvalue weighted by Gasteiger charge is -2.31. The zero-order valence-corrected chi connectivity index (χ0v) is 16.0. The van der Waals surface area contributed by atoms with Crippen molar-refractivity contribution < 1.29 is 14.0 Å². The van der Waals surface area contributed by atoms with Crippen LogP contribution in [0.15, 0.2) is 24.3 Å². The summed E-state index contributed by atoms with van der Waals surface area (Å²) < 4.78 is 13.5. The molecule has 1 heterocycles. The Morgan fingerprint density at radius 1 is 1.40 bits per heavy atom. The summed E-state index contributed by atoms with van der Waals surface area (Å²) in [6.07, 6.45) is 0. The Labute approximate surface area is 152 Å². The molecule has 0 bridgehead atoms. The summed E-state index contributed by atoms with van der Waals surface area (Å²) in [5.74, 6) is 0.0888.